The molecule has 0 saturated heterocycles. The van der Waals surface area contributed by atoms with Gasteiger partial charge >= 0.3 is 0 Å². The molecular formula is C16H22N2OS. The topological polar surface area (TPSA) is 34.1 Å². The van der Waals surface area contributed by atoms with Crippen LogP contribution in [0.1, 0.15) is 24.4 Å². The average molecular weight is 290 g/mol. The van der Waals surface area contributed by atoms with Gasteiger partial charge in [-0.2, -0.15) is 0 Å². The smallest absolute Gasteiger partial charge is 0.129 e. The Labute approximate surface area is 125 Å². The monoisotopic (exact) mass is 290 g/mol. The van der Waals surface area contributed by atoms with Crippen LogP contribution in [0.3, 0.4) is 0 Å². The molecule has 0 saturated carbocycles. The molecule has 0 spiro atoms. The minimum atomic E-state index is 0.664. The molecule has 0 fully saturated rings. The van der Waals surface area contributed by atoms with E-state index in [-0.39, 0.29) is 0 Å². The molecule has 0 atom stereocenters. The zero-order valence-electron chi connectivity index (χ0n) is 12.6. The summed E-state index contributed by atoms with van der Waals surface area (Å²) in [7, 11) is 1.70. The van der Waals surface area contributed by atoms with E-state index in [0.29, 0.717) is 5.92 Å². The molecule has 0 aliphatic carbocycles. The van der Waals surface area contributed by atoms with E-state index in [1.165, 1.54) is 4.88 Å². The first-order valence-electron chi connectivity index (χ1n) is 6.92. The molecule has 0 aliphatic heterocycles. The molecule has 0 aliphatic rings. The number of benzene rings is 1. The zero-order chi connectivity index (χ0) is 14.5. The van der Waals surface area contributed by atoms with Gasteiger partial charge in [-0.05, 0) is 31.5 Å². The van der Waals surface area contributed by atoms with Gasteiger partial charge in [0.05, 0.1) is 18.4 Å². The molecule has 0 unspecified atom stereocenters. The van der Waals surface area contributed by atoms with E-state index in [2.05, 4.69) is 37.1 Å². The van der Waals surface area contributed by atoms with E-state index in [0.717, 1.165) is 35.1 Å². The molecule has 20 heavy (non-hydrogen) atoms. The molecule has 1 aromatic carbocycles. The third-order valence-electron chi connectivity index (χ3n) is 3.07. The third-order valence-corrected chi connectivity index (χ3v) is 4.26. The SMILES string of the molecule is COc1ccccc1-c1nc(C)c(CNCC(C)C)s1. The highest BCUT2D eigenvalue weighted by Crippen LogP contribution is 2.34. The minimum Gasteiger partial charge on any atom is -0.496 e. The van der Waals surface area contributed by atoms with Crippen molar-refractivity contribution in [1.82, 2.24) is 10.3 Å². The molecule has 2 rings (SSSR count). The lowest BCUT2D eigenvalue weighted by Crippen LogP contribution is -2.18. The Morgan fingerprint density at radius 1 is 1.30 bits per heavy atom. The molecule has 4 heteroatoms. The van der Waals surface area contributed by atoms with Crippen LogP contribution >= 0.6 is 11.3 Å². The second kappa shape index (κ2) is 6.86. The second-order valence-corrected chi connectivity index (χ2v) is 6.34. The normalized spacial score (nSPS) is 11.1. The van der Waals surface area contributed by atoms with E-state index < -0.39 is 0 Å². The molecule has 0 amide bonds. The molecule has 108 valence electrons. The van der Waals surface area contributed by atoms with Crippen LogP contribution in [0.25, 0.3) is 10.6 Å². The van der Waals surface area contributed by atoms with Gasteiger partial charge in [0.15, 0.2) is 0 Å². The lowest BCUT2D eigenvalue weighted by atomic mass is 10.2. The van der Waals surface area contributed by atoms with Gasteiger partial charge in [0, 0.05) is 11.4 Å². The lowest BCUT2D eigenvalue weighted by molar-refractivity contribution is 0.416. The second-order valence-electron chi connectivity index (χ2n) is 5.25. The van der Waals surface area contributed by atoms with Crippen molar-refractivity contribution in [3.63, 3.8) is 0 Å². The number of para-hydroxylation sites is 1. The fourth-order valence-corrected chi connectivity index (χ4v) is 3.07. The highest BCUT2D eigenvalue weighted by atomic mass is 32.1. The van der Waals surface area contributed by atoms with Crippen molar-refractivity contribution in [2.75, 3.05) is 13.7 Å². The first kappa shape index (κ1) is 15.0. The van der Waals surface area contributed by atoms with Crippen LogP contribution in [0.15, 0.2) is 24.3 Å². The minimum absolute atomic E-state index is 0.664. The van der Waals surface area contributed by atoms with E-state index in [9.17, 15) is 0 Å². The van der Waals surface area contributed by atoms with Gasteiger partial charge in [-0.25, -0.2) is 4.98 Å². The van der Waals surface area contributed by atoms with Crippen LogP contribution in [0.5, 0.6) is 5.75 Å². The quantitative estimate of drug-likeness (QED) is 0.877. The third kappa shape index (κ3) is 3.58. The molecule has 2 aromatic rings. The lowest BCUT2D eigenvalue weighted by Gasteiger charge is -2.06. The summed E-state index contributed by atoms with van der Waals surface area (Å²) >= 11 is 1.74. The number of aryl methyl sites for hydroxylation is 1. The Morgan fingerprint density at radius 3 is 2.75 bits per heavy atom. The number of rotatable bonds is 6. The van der Waals surface area contributed by atoms with Gasteiger partial charge in [-0.1, -0.05) is 26.0 Å². The van der Waals surface area contributed by atoms with Crippen LogP contribution in [-0.2, 0) is 6.54 Å². The Morgan fingerprint density at radius 2 is 2.05 bits per heavy atom. The Hall–Kier alpha value is -1.39. The maximum atomic E-state index is 5.41. The summed E-state index contributed by atoms with van der Waals surface area (Å²) in [6.07, 6.45) is 0. The van der Waals surface area contributed by atoms with E-state index >= 15 is 0 Å². The number of nitrogens with zero attached hydrogens (tertiary/aromatic N) is 1. The summed E-state index contributed by atoms with van der Waals surface area (Å²) in [4.78, 5) is 5.98. The summed E-state index contributed by atoms with van der Waals surface area (Å²) in [5, 5.41) is 4.50. The molecule has 1 N–H and O–H groups in total. The Kier molecular flexibility index (Phi) is 5.15. The Balaban J connectivity index is 2.18. The van der Waals surface area contributed by atoms with Crippen LogP contribution in [-0.4, -0.2) is 18.6 Å². The average Bonchev–Trinajstić information content (AvgIpc) is 2.80. The number of hydrogen-bond acceptors (Lipinski definition) is 4. The van der Waals surface area contributed by atoms with Crippen LogP contribution in [0.2, 0.25) is 0 Å². The molecule has 1 aromatic heterocycles. The summed E-state index contributed by atoms with van der Waals surface area (Å²) in [6, 6.07) is 8.03. The molecule has 3 nitrogen and oxygen atoms in total. The first-order valence-corrected chi connectivity index (χ1v) is 7.74. The standard InChI is InChI=1S/C16H22N2OS/c1-11(2)9-17-10-15-12(3)18-16(20-15)13-7-5-6-8-14(13)19-4/h5-8,11,17H,9-10H2,1-4H3. The number of nitrogens with one attached hydrogen (secondary N) is 1. The first-order chi connectivity index (χ1) is 9.61. The predicted molar refractivity (Wildman–Crippen MR) is 85.4 cm³/mol. The highest BCUT2D eigenvalue weighted by Gasteiger charge is 2.12. The van der Waals surface area contributed by atoms with Crippen LogP contribution in [0, 0.1) is 12.8 Å². The van der Waals surface area contributed by atoms with E-state index in [1.807, 2.05) is 18.2 Å². The highest BCUT2D eigenvalue weighted by molar-refractivity contribution is 7.15. The van der Waals surface area contributed by atoms with Crippen LogP contribution in [0.4, 0.5) is 0 Å². The van der Waals surface area contributed by atoms with Gasteiger partial charge in [0.25, 0.3) is 0 Å². The van der Waals surface area contributed by atoms with Crippen molar-refractivity contribution in [3.05, 3.63) is 34.8 Å². The van der Waals surface area contributed by atoms with Crippen LogP contribution < -0.4 is 10.1 Å². The summed E-state index contributed by atoms with van der Waals surface area (Å²) in [6.45, 7) is 8.42. The summed E-state index contributed by atoms with van der Waals surface area (Å²) < 4.78 is 5.41. The van der Waals surface area contributed by atoms with Gasteiger partial charge < -0.3 is 10.1 Å². The largest absolute Gasteiger partial charge is 0.496 e. The van der Waals surface area contributed by atoms with Crippen molar-refractivity contribution in [3.8, 4) is 16.3 Å². The zero-order valence-corrected chi connectivity index (χ0v) is 13.4. The molecular weight excluding hydrogens is 268 g/mol. The maximum absolute atomic E-state index is 5.41. The number of aromatic nitrogens is 1. The number of hydrogen-bond donors (Lipinski definition) is 1. The van der Waals surface area contributed by atoms with Crippen molar-refractivity contribution in [1.29, 1.82) is 0 Å². The van der Waals surface area contributed by atoms with E-state index in [4.69, 9.17) is 4.74 Å². The molecule has 0 bridgehead atoms. The van der Waals surface area contributed by atoms with Gasteiger partial charge in [0.1, 0.15) is 10.8 Å². The van der Waals surface area contributed by atoms with Gasteiger partial charge in [-0.15, -0.1) is 11.3 Å². The molecule has 1 heterocycles. The van der Waals surface area contributed by atoms with Crippen molar-refractivity contribution < 1.29 is 4.74 Å². The van der Waals surface area contributed by atoms with E-state index in [1.54, 1.807) is 18.4 Å². The number of ether oxygens (including phenoxy) is 1. The molecule has 0 radical (unpaired) electrons. The summed E-state index contributed by atoms with van der Waals surface area (Å²) in [5.41, 5.74) is 2.17. The fourth-order valence-electron chi connectivity index (χ4n) is 2.00. The number of methoxy groups -OCH3 is 1. The Bertz CT molecular complexity index is 563. The van der Waals surface area contributed by atoms with Crippen molar-refractivity contribution in [2.24, 2.45) is 5.92 Å². The van der Waals surface area contributed by atoms with Crippen molar-refractivity contribution >= 4 is 11.3 Å². The number of thiazole rings is 1. The van der Waals surface area contributed by atoms with Crippen molar-refractivity contribution in [2.45, 2.75) is 27.3 Å². The predicted octanol–water partition coefficient (Wildman–Crippen LogP) is 3.87. The summed E-state index contributed by atoms with van der Waals surface area (Å²) in [5.74, 6) is 1.54. The van der Waals surface area contributed by atoms with Gasteiger partial charge in [0.2, 0.25) is 0 Å². The van der Waals surface area contributed by atoms with Gasteiger partial charge in [-0.3, -0.25) is 0 Å². The maximum Gasteiger partial charge on any atom is 0.129 e. The fraction of sp³-hybridized carbons (Fsp3) is 0.438.